The Kier molecular flexibility index (Phi) is 5.66. The predicted molar refractivity (Wildman–Crippen MR) is 119 cm³/mol. The van der Waals surface area contributed by atoms with Gasteiger partial charge in [-0.25, -0.2) is 0 Å². The number of carbonyl (C=O) groups is 1. The van der Waals surface area contributed by atoms with Crippen LogP contribution in [-0.2, 0) is 11.2 Å². The Morgan fingerprint density at radius 3 is 2.55 bits per heavy atom. The molecule has 4 aromatic rings. The number of nitrogens with zero attached hydrogens (tertiary/aromatic N) is 4. The number of nitrogens with one attached hydrogen (secondary N) is 1. The highest BCUT2D eigenvalue weighted by molar-refractivity contribution is 5.76. The monoisotopic (exact) mass is 415 g/mol. The number of rotatable bonds is 6. The lowest BCUT2D eigenvalue weighted by Crippen LogP contribution is -2.27. The molecular formula is C24H25N5O2. The number of carbonyl (C=O) groups excluding carboxylic acids is 1. The summed E-state index contributed by atoms with van der Waals surface area (Å²) in [6, 6.07) is 15.6. The maximum atomic E-state index is 12.9. The van der Waals surface area contributed by atoms with E-state index in [-0.39, 0.29) is 29.6 Å². The third kappa shape index (κ3) is 4.26. The van der Waals surface area contributed by atoms with E-state index in [1.807, 2.05) is 69.3 Å². The minimum atomic E-state index is -0.244. The highest BCUT2D eigenvalue weighted by Gasteiger charge is 2.14. The zero-order valence-electron chi connectivity index (χ0n) is 17.9. The van der Waals surface area contributed by atoms with Crippen molar-refractivity contribution in [3.8, 4) is 5.69 Å². The standard InChI is InChI=1S/C24H25N5O2/c1-16-9-10-20(15-17(16)2)28-13-14-29-21(26-27-23(29)24(28)31)11-12-22(30)25-18(3)19-7-5-4-6-8-19/h4-10,13-15,18H,11-12H2,1-3H3,(H,25,30)/t18-/m0/s1. The van der Waals surface area contributed by atoms with Crippen LogP contribution in [-0.4, -0.2) is 25.1 Å². The summed E-state index contributed by atoms with van der Waals surface area (Å²) in [7, 11) is 0. The van der Waals surface area contributed by atoms with E-state index >= 15 is 0 Å². The van der Waals surface area contributed by atoms with E-state index < -0.39 is 0 Å². The van der Waals surface area contributed by atoms with Crippen molar-refractivity contribution in [3.05, 3.63) is 93.8 Å². The molecule has 0 aliphatic heterocycles. The third-order valence-electron chi connectivity index (χ3n) is 5.56. The van der Waals surface area contributed by atoms with Gasteiger partial charge in [0.25, 0.3) is 0 Å². The largest absolute Gasteiger partial charge is 0.350 e. The zero-order valence-corrected chi connectivity index (χ0v) is 17.9. The first-order valence-electron chi connectivity index (χ1n) is 10.3. The molecule has 31 heavy (non-hydrogen) atoms. The molecule has 0 radical (unpaired) electrons. The summed E-state index contributed by atoms with van der Waals surface area (Å²) in [4.78, 5) is 25.3. The van der Waals surface area contributed by atoms with E-state index in [0.717, 1.165) is 16.8 Å². The number of amides is 1. The molecule has 0 saturated heterocycles. The summed E-state index contributed by atoms with van der Waals surface area (Å²) in [6.45, 7) is 6.00. The van der Waals surface area contributed by atoms with Crippen molar-refractivity contribution in [2.45, 2.75) is 39.7 Å². The maximum Gasteiger partial charge on any atom is 0.300 e. The normalized spacial score (nSPS) is 12.1. The summed E-state index contributed by atoms with van der Waals surface area (Å²) in [5.41, 5.74) is 4.12. The Bertz CT molecular complexity index is 1290. The van der Waals surface area contributed by atoms with Gasteiger partial charge in [0, 0.05) is 30.9 Å². The molecule has 0 aliphatic carbocycles. The van der Waals surface area contributed by atoms with E-state index in [1.165, 1.54) is 5.56 Å². The number of aromatic nitrogens is 4. The summed E-state index contributed by atoms with van der Waals surface area (Å²) in [6.07, 6.45) is 4.13. The summed E-state index contributed by atoms with van der Waals surface area (Å²) >= 11 is 0. The van der Waals surface area contributed by atoms with E-state index in [1.54, 1.807) is 21.4 Å². The number of hydrogen-bond donors (Lipinski definition) is 1. The first kappa shape index (κ1) is 20.5. The molecule has 0 unspecified atom stereocenters. The number of benzene rings is 2. The summed E-state index contributed by atoms with van der Waals surface area (Å²) in [5, 5.41) is 11.2. The van der Waals surface area contributed by atoms with Crippen LogP contribution in [0.2, 0.25) is 0 Å². The Labute approximate surface area is 180 Å². The SMILES string of the molecule is Cc1ccc(-n2ccn3c(CCC(=O)N[C@@H](C)c4ccccc4)nnc3c2=O)cc1C. The summed E-state index contributed by atoms with van der Waals surface area (Å²) in [5.74, 6) is 0.512. The fourth-order valence-corrected chi connectivity index (χ4v) is 3.55. The maximum absolute atomic E-state index is 12.9. The van der Waals surface area contributed by atoms with Crippen LogP contribution in [0.25, 0.3) is 11.3 Å². The molecular weight excluding hydrogens is 390 g/mol. The lowest BCUT2D eigenvalue weighted by molar-refractivity contribution is -0.121. The predicted octanol–water partition coefficient (Wildman–Crippen LogP) is 3.31. The summed E-state index contributed by atoms with van der Waals surface area (Å²) < 4.78 is 3.22. The van der Waals surface area contributed by atoms with Gasteiger partial charge in [-0.2, -0.15) is 0 Å². The van der Waals surface area contributed by atoms with Crippen LogP contribution in [0.3, 0.4) is 0 Å². The number of hydrogen-bond acceptors (Lipinski definition) is 4. The number of aryl methyl sites for hydroxylation is 3. The van der Waals surface area contributed by atoms with Gasteiger partial charge in [-0.05, 0) is 49.6 Å². The van der Waals surface area contributed by atoms with Gasteiger partial charge in [0.2, 0.25) is 11.6 Å². The van der Waals surface area contributed by atoms with E-state index in [9.17, 15) is 9.59 Å². The van der Waals surface area contributed by atoms with Crippen LogP contribution >= 0.6 is 0 Å². The lowest BCUT2D eigenvalue weighted by atomic mass is 10.1. The van der Waals surface area contributed by atoms with Gasteiger partial charge in [0.15, 0.2) is 0 Å². The van der Waals surface area contributed by atoms with Crippen LogP contribution in [0, 0.1) is 13.8 Å². The molecule has 4 rings (SSSR count). The Morgan fingerprint density at radius 2 is 1.81 bits per heavy atom. The van der Waals surface area contributed by atoms with Crippen molar-refractivity contribution in [1.82, 2.24) is 24.5 Å². The van der Waals surface area contributed by atoms with Gasteiger partial charge < -0.3 is 5.32 Å². The number of fused-ring (bicyclic) bond motifs is 1. The van der Waals surface area contributed by atoms with Crippen LogP contribution in [0.4, 0.5) is 0 Å². The smallest absolute Gasteiger partial charge is 0.300 e. The molecule has 2 heterocycles. The van der Waals surface area contributed by atoms with Crippen LogP contribution in [0.1, 0.15) is 41.9 Å². The van der Waals surface area contributed by atoms with Gasteiger partial charge in [-0.15, -0.1) is 10.2 Å². The minimum absolute atomic E-state index is 0.0726. The average molecular weight is 415 g/mol. The second-order valence-corrected chi connectivity index (χ2v) is 7.75. The Hall–Kier alpha value is -3.74. The average Bonchev–Trinajstić information content (AvgIpc) is 3.19. The molecule has 0 fully saturated rings. The third-order valence-corrected chi connectivity index (χ3v) is 5.56. The van der Waals surface area contributed by atoms with Gasteiger partial charge in [0.05, 0.1) is 6.04 Å². The van der Waals surface area contributed by atoms with Crippen molar-refractivity contribution < 1.29 is 4.79 Å². The molecule has 2 aromatic carbocycles. The quantitative estimate of drug-likeness (QED) is 0.524. The van der Waals surface area contributed by atoms with Crippen LogP contribution < -0.4 is 10.9 Å². The van der Waals surface area contributed by atoms with Gasteiger partial charge in [-0.3, -0.25) is 18.6 Å². The van der Waals surface area contributed by atoms with Crippen molar-refractivity contribution in [2.75, 3.05) is 0 Å². The van der Waals surface area contributed by atoms with Crippen molar-refractivity contribution >= 4 is 11.6 Å². The molecule has 1 amide bonds. The molecule has 1 N–H and O–H groups in total. The molecule has 158 valence electrons. The van der Waals surface area contributed by atoms with Crippen LogP contribution in [0.5, 0.6) is 0 Å². The fourth-order valence-electron chi connectivity index (χ4n) is 3.55. The Balaban J connectivity index is 1.49. The topological polar surface area (TPSA) is 81.3 Å². The molecule has 0 aliphatic rings. The highest BCUT2D eigenvalue weighted by Crippen LogP contribution is 2.14. The van der Waals surface area contributed by atoms with Gasteiger partial charge in [0.1, 0.15) is 5.82 Å². The van der Waals surface area contributed by atoms with Crippen molar-refractivity contribution in [2.24, 2.45) is 0 Å². The second-order valence-electron chi connectivity index (χ2n) is 7.75. The molecule has 0 bridgehead atoms. The van der Waals surface area contributed by atoms with Gasteiger partial charge in [-0.1, -0.05) is 36.4 Å². The zero-order chi connectivity index (χ0) is 22.0. The molecule has 0 spiro atoms. The highest BCUT2D eigenvalue weighted by atomic mass is 16.1. The van der Waals surface area contributed by atoms with Gasteiger partial charge >= 0.3 is 5.56 Å². The fraction of sp³-hybridized carbons (Fsp3) is 0.250. The van der Waals surface area contributed by atoms with E-state index in [4.69, 9.17) is 0 Å². The van der Waals surface area contributed by atoms with E-state index in [0.29, 0.717) is 12.2 Å². The van der Waals surface area contributed by atoms with Crippen LogP contribution in [0.15, 0.2) is 65.7 Å². The molecule has 2 aromatic heterocycles. The minimum Gasteiger partial charge on any atom is -0.350 e. The first-order valence-corrected chi connectivity index (χ1v) is 10.3. The van der Waals surface area contributed by atoms with E-state index in [2.05, 4.69) is 15.5 Å². The molecule has 7 heteroatoms. The molecule has 7 nitrogen and oxygen atoms in total. The second kappa shape index (κ2) is 8.55. The molecule has 1 atom stereocenters. The first-order chi connectivity index (χ1) is 14.9. The Morgan fingerprint density at radius 1 is 1.03 bits per heavy atom. The lowest BCUT2D eigenvalue weighted by Gasteiger charge is -2.14. The molecule has 0 saturated carbocycles. The van der Waals surface area contributed by atoms with Crippen molar-refractivity contribution in [1.29, 1.82) is 0 Å². The van der Waals surface area contributed by atoms with Crippen molar-refractivity contribution in [3.63, 3.8) is 0 Å².